The molecule has 2 aliphatic rings. The fourth-order valence-corrected chi connectivity index (χ4v) is 4.15. The quantitative estimate of drug-likeness (QED) is 0.588. The number of rotatable bonds is 3. The van der Waals surface area contributed by atoms with E-state index in [2.05, 4.69) is 12.3 Å². The summed E-state index contributed by atoms with van der Waals surface area (Å²) in [6.45, 7) is 2.40. The van der Waals surface area contributed by atoms with E-state index >= 15 is 0 Å². The van der Waals surface area contributed by atoms with Crippen LogP contribution in [0, 0.1) is 17.8 Å². The van der Waals surface area contributed by atoms with E-state index < -0.39 is 0 Å². The zero-order valence-corrected chi connectivity index (χ0v) is 12.2. The summed E-state index contributed by atoms with van der Waals surface area (Å²) >= 11 is 0. The van der Waals surface area contributed by atoms with E-state index in [1.165, 1.54) is 70.6 Å². The van der Waals surface area contributed by atoms with Gasteiger partial charge in [0.05, 0.1) is 0 Å². The van der Waals surface area contributed by atoms with Gasteiger partial charge in [0, 0.05) is 6.04 Å². The Labute approximate surface area is 113 Å². The maximum Gasteiger partial charge on any atom is 0.0266 e. The van der Waals surface area contributed by atoms with Crippen LogP contribution in [0.3, 0.4) is 0 Å². The van der Waals surface area contributed by atoms with Crippen molar-refractivity contribution < 1.29 is 0 Å². The van der Waals surface area contributed by atoms with Gasteiger partial charge < -0.3 is 0 Å². The van der Waals surface area contributed by atoms with Crippen LogP contribution in [0.5, 0.6) is 0 Å². The van der Waals surface area contributed by atoms with Crippen molar-refractivity contribution in [3.8, 4) is 0 Å². The zero-order valence-electron chi connectivity index (χ0n) is 12.2. The molecule has 2 rings (SSSR count). The van der Waals surface area contributed by atoms with Crippen molar-refractivity contribution in [3.63, 3.8) is 0 Å². The van der Waals surface area contributed by atoms with Crippen molar-refractivity contribution in [2.24, 2.45) is 23.6 Å². The maximum absolute atomic E-state index is 5.91. The molecule has 0 radical (unpaired) electrons. The van der Waals surface area contributed by atoms with Crippen molar-refractivity contribution >= 4 is 0 Å². The van der Waals surface area contributed by atoms with Gasteiger partial charge in [-0.25, -0.2) is 0 Å². The standard InChI is InChI=1S/C16H32N2/c1-13-9-11-15(12-10-13)16(18-17)14-7-5-3-2-4-6-8-14/h13-16,18H,2-12,17H2,1H3. The maximum atomic E-state index is 5.91. The van der Waals surface area contributed by atoms with E-state index in [-0.39, 0.29) is 0 Å². The van der Waals surface area contributed by atoms with Gasteiger partial charge in [-0.2, -0.15) is 0 Å². The molecule has 0 spiro atoms. The van der Waals surface area contributed by atoms with Gasteiger partial charge in [-0.05, 0) is 43.4 Å². The highest BCUT2D eigenvalue weighted by molar-refractivity contribution is 4.85. The van der Waals surface area contributed by atoms with E-state index in [9.17, 15) is 0 Å². The van der Waals surface area contributed by atoms with E-state index in [0.29, 0.717) is 6.04 Å². The van der Waals surface area contributed by atoms with Gasteiger partial charge in [0.1, 0.15) is 0 Å². The molecule has 2 heteroatoms. The van der Waals surface area contributed by atoms with Gasteiger partial charge in [0.15, 0.2) is 0 Å². The first-order valence-electron chi connectivity index (χ1n) is 8.27. The van der Waals surface area contributed by atoms with Crippen LogP contribution in [-0.4, -0.2) is 6.04 Å². The van der Waals surface area contributed by atoms with Crippen LogP contribution in [0.15, 0.2) is 0 Å². The number of hydrogen-bond acceptors (Lipinski definition) is 2. The van der Waals surface area contributed by atoms with Gasteiger partial charge in [0.2, 0.25) is 0 Å². The lowest BCUT2D eigenvalue weighted by molar-refractivity contribution is 0.164. The van der Waals surface area contributed by atoms with Gasteiger partial charge >= 0.3 is 0 Å². The Morgan fingerprint density at radius 3 is 1.83 bits per heavy atom. The lowest BCUT2D eigenvalue weighted by Crippen LogP contribution is -2.47. The molecule has 0 saturated heterocycles. The van der Waals surface area contributed by atoms with Crippen LogP contribution in [0.25, 0.3) is 0 Å². The summed E-state index contributed by atoms with van der Waals surface area (Å²) in [7, 11) is 0. The molecule has 0 aromatic carbocycles. The smallest absolute Gasteiger partial charge is 0.0266 e. The zero-order chi connectivity index (χ0) is 12.8. The molecule has 2 nitrogen and oxygen atoms in total. The molecule has 0 bridgehead atoms. The number of hydrogen-bond donors (Lipinski definition) is 2. The Morgan fingerprint density at radius 2 is 1.28 bits per heavy atom. The third-order valence-electron chi connectivity index (χ3n) is 5.42. The summed E-state index contributed by atoms with van der Waals surface area (Å²) in [5.74, 6) is 8.54. The Morgan fingerprint density at radius 1 is 0.778 bits per heavy atom. The molecule has 0 aromatic heterocycles. The monoisotopic (exact) mass is 252 g/mol. The Bertz CT molecular complexity index is 213. The van der Waals surface area contributed by atoms with Crippen molar-refractivity contribution in [1.82, 2.24) is 5.43 Å². The van der Waals surface area contributed by atoms with Crippen molar-refractivity contribution in [1.29, 1.82) is 0 Å². The molecular formula is C16H32N2. The van der Waals surface area contributed by atoms with Crippen LogP contribution >= 0.6 is 0 Å². The lowest BCUT2D eigenvalue weighted by atomic mass is 9.73. The predicted molar refractivity (Wildman–Crippen MR) is 78.0 cm³/mol. The molecule has 106 valence electrons. The molecule has 2 saturated carbocycles. The second kappa shape index (κ2) is 7.49. The predicted octanol–water partition coefficient (Wildman–Crippen LogP) is 4.01. The first-order valence-corrected chi connectivity index (χ1v) is 8.27. The fourth-order valence-electron chi connectivity index (χ4n) is 4.15. The van der Waals surface area contributed by atoms with Gasteiger partial charge in [-0.15, -0.1) is 0 Å². The highest BCUT2D eigenvalue weighted by Crippen LogP contribution is 2.36. The minimum Gasteiger partial charge on any atom is -0.271 e. The summed E-state index contributed by atoms with van der Waals surface area (Å²) < 4.78 is 0. The summed E-state index contributed by atoms with van der Waals surface area (Å²) in [5, 5.41) is 0. The number of nitrogens with two attached hydrogens (primary N) is 1. The van der Waals surface area contributed by atoms with E-state index in [4.69, 9.17) is 5.84 Å². The Balaban J connectivity index is 1.89. The highest BCUT2D eigenvalue weighted by Gasteiger charge is 2.31. The summed E-state index contributed by atoms with van der Waals surface area (Å²) in [6, 6.07) is 0.593. The fraction of sp³-hybridized carbons (Fsp3) is 1.00. The highest BCUT2D eigenvalue weighted by atomic mass is 15.2. The minimum absolute atomic E-state index is 0.593. The molecule has 2 fully saturated rings. The Kier molecular flexibility index (Phi) is 5.97. The summed E-state index contributed by atoms with van der Waals surface area (Å²) in [5.41, 5.74) is 3.20. The second-order valence-corrected chi connectivity index (χ2v) is 6.82. The molecule has 3 N–H and O–H groups in total. The van der Waals surface area contributed by atoms with Crippen molar-refractivity contribution in [2.45, 2.75) is 83.6 Å². The molecule has 0 aliphatic heterocycles. The molecule has 18 heavy (non-hydrogen) atoms. The van der Waals surface area contributed by atoms with Crippen LogP contribution < -0.4 is 11.3 Å². The number of hydrazine groups is 1. The van der Waals surface area contributed by atoms with E-state index in [0.717, 1.165) is 17.8 Å². The topological polar surface area (TPSA) is 38.0 Å². The lowest BCUT2D eigenvalue weighted by Gasteiger charge is -2.37. The molecule has 2 aliphatic carbocycles. The van der Waals surface area contributed by atoms with Crippen LogP contribution in [0.4, 0.5) is 0 Å². The molecule has 1 unspecified atom stereocenters. The Hall–Kier alpha value is -0.0800. The van der Waals surface area contributed by atoms with Crippen LogP contribution in [-0.2, 0) is 0 Å². The van der Waals surface area contributed by atoms with Gasteiger partial charge in [0.25, 0.3) is 0 Å². The van der Waals surface area contributed by atoms with Crippen LogP contribution in [0.1, 0.15) is 77.6 Å². The third kappa shape index (κ3) is 3.96. The second-order valence-electron chi connectivity index (χ2n) is 6.82. The van der Waals surface area contributed by atoms with E-state index in [1.54, 1.807) is 0 Å². The third-order valence-corrected chi connectivity index (χ3v) is 5.42. The summed E-state index contributed by atoms with van der Waals surface area (Å²) in [4.78, 5) is 0. The summed E-state index contributed by atoms with van der Waals surface area (Å²) in [6.07, 6.45) is 15.6. The number of nitrogens with one attached hydrogen (secondary N) is 1. The molecule has 0 amide bonds. The minimum atomic E-state index is 0.593. The average molecular weight is 252 g/mol. The van der Waals surface area contributed by atoms with Crippen LogP contribution in [0.2, 0.25) is 0 Å². The van der Waals surface area contributed by atoms with Gasteiger partial charge in [-0.3, -0.25) is 11.3 Å². The molecule has 0 aromatic rings. The molecular weight excluding hydrogens is 220 g/mol. The first-order chi connectivity index (χ1) is 8.81. The van der Waals surface area contributed by atoms with Gasteiger partial charge in [-0.1, -0.05) is 51.9 Å². The van der Waals surface area contributed by atoms with E-state index in [1.807, 2.05) is 0 Å². The normalized spacial score (nSPS) is 33.7. The van der Waals surface area contributed by atoms with Crippen molar-refractivity contribution in [3.05, 3.63) is 0 Å². The SMILES string of the molecule is CC1CCC(C(NN)C2CCCCCCC2)CC1. The largest absolute Gasteiger partial charge is 0.271 e. The molecule has 1 atom stereocenters. The average Bonchev–Trinajstić information content (AvgIpc) is 2.34. The molecule has 0 heterocycles. The first kappa shape index (κ1) is 14.3. The van der Waals surface area contributed by atoms with Crippen molar-refractivity contribution in [2.75, 3.05) is 0 Å².